The third-order valence-corrected chi connectivity index (χ3v) is 20.7. The van der Waals surface area contributed by atoms with Crippen LogP contribution < -0.4 is 39.6 Å². The van der Waals surface area contributed by atoms with E-state index >= 15 is 0 Å². The van der Waals surface area contributed by atoms with Crippen LogP contribution in [0.2, 0.25) is 0 Å². The minimum absolute atomic E-state index is 0. The third kappa shape index (κ3) is 9.88. The quantitative estimate of drug-likeness (QED) is 0.0945. The first-order valence-electron chi connectivity index (χ1n) is 21.0. The number of benzene rings is 4. The van der Waals surface area contributed by atoms with Crippen LogP contribution in [-0.4, -0.2) is 15.8 Å². The van der Waals surface area contributed by atoms with Gasteiger partial charge in [0.15, 0.2) is 0 Å². The predicted octanol–water partition coefficient (Wildman–Crippen LogP) is 9.60. The van der Waals surface area contributed by atoms with E-state index in [2.05, 4.69) is 191 Å². The molecule has 0 aliphatic carbocycles. The van der Waals surface area contributed by atoms with Crippen LogP contribution in [0.1, 0.15) is 228 Å². The molecule has 4 aromatic rings. The van der Waals surface area contributed by atoms with Gasteiger partial charge in [-0.3, -0.25) is 0 Å². The first-order chi connectivity index (χ1) is 24.8. The molecule has 0 bridgehead atoms. The van der Waals surface area contributed by atoms with E-state index in [1.165, 1.54) is 16.7 Å². The summed E-state index contributed by atoms with van der Waals surface area (Å²) in [6.07, 6.45) is 0. The molecule has 0 nitrogen and oxygen atoms in total. The summed E-state index contributed by atoms with van der Waals surface area (Å²) in [6, 6.07) is 28.6. The normalized spacial score (nSPS) is 12.1. The fourth-order valence-corrected chi connectivity index (χ4v) is 20.3. The molecule has 0 radical (unpaired) electrons. The standard InChI is InChI=1S/C51H73Si2.Li/c1-30(2)39-24-43(33(7)8)49(44(25-39)34(9)10)52(42-22-20-19-21-23-42)53(50-45(35(11)12)26-40(31(3)4)27-46(50)36(13)14)51-47(37(15)16)28-41(32(5)6)29-48(51)38(17)18;/h20-38H,1-18H3;/q-1;+1. The van der Waals surface area contributed by atoms with E-state index < -0.39 is 15.8 Å². The molecule has 0 atom stereocenters. The summed E-state index contributed by atoms with van der Waals surface area (Å²) >= 11 is 0. The Bertz CT molecular complexity index is 1740. The molecule has 4 rings (SSSR count). The van der Waals surface area contributed by atoms with Crippen LogP contribution in [0, 0.1) is 6.07 Å². The van der Waals surface area contributed by atoms with Crippen LogP contribution in [0.3, 0.4) is 0 Å². The van der Waals surface area contributed by atoms with Gasteiger partial charge in [-0.25, -0.2) is 0 Å². The molecular weight excluding hydrogens is 676 g/mol. The van der Waals surface area contributed by atoms with Crippen LogP contribution in [-0.2, 0) is 0 Å². The molecule has 0 unspecified atom stereocenters. The van der Waals surface area contributed by atoms with Gasteiger partial charge in [-0.15, -0.1) is 5.19 Å². The molecule has 0 fully saturated rings. The van der Waals surface area contributed by atoms with Crippen LogP contribution in [0.25, 0.3) is 0 Å². The molecule has 0 aliphatic heterocycles. The van der Waals surface area contributed by atoms with Crippen molar-refractivity contribution >= 4 is 36.5 Å². The van der Waals surface area contributed by atoms with E-state index in [-0.39, 0.29) is 18.9 Å². The second-order valence-corrected chi connectivity index (χ2v) is 25.2. The average Bonchev–Trinajstić information content (AvgIpc) is 3.08. The largest absolute Gasteiger partial charge is 1.00 e. The number of rotatable bonds is 13. The van der Waals surface area contributed by atoms with E-state index in [9.17, 15) is 0 Å². The summed E-state index contributed by atoms with van der Waals surface area (Å²) in [6.45, 7) is 43.7. The van der Waals surface area contributed by atoms with Crippen molar-refractivity contribution in [3.05, 3.63) is 117 Å². The minimum atomic E-state index is -1.48. The molecule has 0 heterocycles. The van der Waals surface area contributed by atoms with Gasteiger partial charge in [0.05, 0.1) is 7.89 Å². The summed E-state index contributed by atoms with van der Waals surface area (Å²) in [4.78, 5) is 0. The first-order valence-corrected chi connectivity index (χ1v) is 25.0. The van der Waals surface area contributed by atoms with Crippen molar-refractivity contribution in [3.8, 4) is 0 Å². The SMILES string of the molecule is CC(C)c1cc(C(C)C)c([Si](c2cc[c-]cc2)=[Si](c2c(C(C)C)cc(C(C)C)cc2C(C)C)c2c(C(C)C)cc(C(C)C)cc2C(C)C)c(C(C)C)c1.[Li+]. The zero-order valence-corrected chi connectivity index (χ0v) is 40.0. The monoisotopic (exact) mass is 749 g/mol. The molecule has 0 amide bonds. The Hall–Kier alpha value is -2.09. The Morgan fingerprint density at radius 2 is 0.556 bits per heavy atom. The summed E-state index contributed by atoms with van der Waals surface area (Å²) in [7, 11) is -2.92. The van der Waals surface area contributed by atoms with Crippen molar-refractivity contribution < 1.29 is 18.9 Å². The van der Waals surface area contributed by atoms with Crippen LogP contribution in [0.5, 0.6) is 0 Å². The minimum Gasteiger partial charge on any atom is -0.184 e. The van der Waals surface area contributed by atoms with Gasteiger partial charge in [-0.05, 0) is 119 Å². The number of hydrogen-bond acceptors (Lipinski definition) is 0. The van der Waals surface area contributed by atoms with Gasteiger partial charge in [0.25, 0.3) is 0 Å². The van der Waals surface area contributed by atoms with Gasteiger partial charge in [0.2, 0.25) is 0 Å². The van der Waals surface area contributed by atoms with E-state index in [1.807, 2.05) is 0 Å². The molecule has 3 heteroatoms. The van der Waals surface area contributed by atoms with Gasteiger partial charge in [-0.1, -0.05) is 161 Å². The molecule has 54 heavy (non-hydrogen) atoms. The molecule has 0 aliphatic rings. The van der Waals surface area contributed by atoms with Crippen LogP contribution in [0.15, 0.2) is 60.7 Å². The van der Waals surface area contributed by atoms with Crippen molar-refractivity contribution in [2.45, 2.75) is 178 Å². The molecule has 4 aromatic carbocycles. The topological polar surface area (TPSA) is 0 Å². The maximum Gasteiger partial charge on any atom is 1.00 e. The second kappa shape index (κ2) is 19.4. The van der Waals surface area contributed by atoms with Gasteiger partial charge in [0, 0.05) is 7.89 Å². The Balaban J connectivity index is 0.00000784. The molecule has 0 saturated heterocycles. The van der Waals surface area contributed by atoms with Crippen LogP contribution in [0.4, 0.5) is 0 Å². The summed E-state index contributed by atoms with van der Waals surface area (Å²) in [5.74, 6) is 3.99. The molecule has 0 spiro atoms. The van der Waals surface area contributed by atoms with Crippen molar-refractivity contribution in [1.29, 1.82) is 0 Å². The zero-order valence-electron chi connectivity index (χ0n) is 38.0. The Labute approximate surface area is 348 Å². The fraction of sp³-hybridized carbons (Fsp3) is 0.529. The molecule has 0 N–H and O–H groups in total. The first kappa shape index (κ1) is 46.3. The van der Waals surface area contributed by atoms with Gasteiger partial charge in [-0.2, -0.15) is 30.3 Å². The van der Waals surface area contributed by atoms with E-state index in [0.717, 1.165) is 0 Å². The Morgan fingerprint density at radius 1 is 0.333 bits per heavy atom. The molecule has 286 valence electrons. The smallest absolute Gasteiger partial charge is 0.184 e. The zero-order chi connectivity index (χ0) is 39.6. The van der Waals surface area contributed by atoms with Crippen LogP contribution >= 0.6 is 0 Å². The maximum atomic E-state index is 3.44. The average molecular weight is 749 g/mol. The summed E-state index contributed by atoms with van der Waals surface area (Å²) in [5, 5.41) is 6.66. The summed E-state index contributed by atoms with van der Waals surface area (Å²) in [5.41, 5.74) is 14.0. The fourth-order valence-electron chi connectivity index (χ4n) is 8.08. The summed E-state index contributed by atoms with van der Waals surface area (Å²) < 4.78 is 0. The number of hydrogen-bond donors (Lipinski definition) is 0. The van der Waals surface area contributed by atoms with Crippen molar-refractivity contribution in [2.75, 3.05) is 0 Å². The van der Waals surface area contributed by atoms with E-state index in [1.54, 1.807) is 54.1 Å². The maximum absolute atomic E-state index is 3.44. The van der Waals surface area contributed by atoms with E-state index in [4.69, 9.17) is 0 Å². The van der Waals surface area contributed by atoms with Gasteiger partial charge in [0.1, 0.15) is 0 Å². The third-order valence-electron chi connectivity index (χ3n) is 11.4. The molecular formula is C51H73LiSi2. The Morgan fingerprint density at radius 3 is 0.759 bits per heavy atom. The van der Waals surface area contributed by atoms with Crippen molar-refractivity contribution in [3.63, 3.8) is 0 Å². The van der Waals surface area contributed by atoms with E-state index in [0.29, 0.717) is 53.3 Å². The molecule has 0 saturated carbocycles. The second-order valence-electron chi connectivity index (χ2n) is 18.7. The molecule has 0 aromatic heterocycles. The Kier molecular flexibility index (Phi) is 16.6. The predicted molar refractivity (Wildman–Crippen MR) is 241 cm³/mol. The van der Waals surface area contributed by atoms with Crippen molar-refractivity contribution in [1.82, 2.24) is 0 Å². The van der Waals surface area contributed by atoms with Gasteiger partial charge < -0.3 is 0 Å². The van der Waals surface area contributed by atoms with Crippen molar-refractivity contribution in [2.24, 2.45) is 0 Å². The van der Waals surface area contributed by atoms with Gasteiger partial charge >= 0.3 is 18.9 Å².